The fourth-order valence-corrected chi connectivity index (χ4v) is 1.46. The number of carbonyl (C=O) groups excluding carboxylic acids is 2. The molecule has 5 heteroatoms. The van der Waals surface area contributed by atoms with Gasteiger partial charge in [-0.25, -0.2) is 4.79 Å². The third kappa shape index (κ3) is 3.30. The van der Waals surface area contributed by atoms with Crippen LogP contribution in [0.2, 0.25) is 0 Å². The van der Waals surface area contributed by atoms with E-state index in [9.17, 15) is 9.59 Å². The lowest BCUT2D eigenvalue weighted by Gasteiger charge is -2.12. The number of hydrogen-bond donors (Lipinski definition) is 2. The second-order valence-corrected chi connectivity index (χ2v) is 4.03. The van der Waals surface area contributed by atoms with E-state index in [1.54, 1.807) is 25.1 Å². The monoisotopic (exact) mass is 250 g/mol. The minimum absolute atomic E-state index is 0.230. The first-order valence-corrected chi connectivity index (χ1v) is 5.75. The third-order valence-electron chi connectivity index (χ3n) is 2.68. The normalized spacial score (nSPS) is 11.8. The summed E-state index contributed by atoms with van der Waals surface area (Å²) >= 11 is 0. The van der Waals surface area contributed by atoms with Crippen molar-refractivity contribution in [3.05, 3.63) is 29.3 Å². The number of benzene rings is 1. The SMILES string of the molecule is CC[C@@H](N)C(=O)Nc1ccc(C(=O)OC)cc1C. The minimum Gasteiger partial charge on any atom is -0.465 e. The molecule has 0 bridgehead atoms. The highest BCUT2D eigenvalue weighted by atomic mass is 16.5. The van der Waals surface area contributed by atoms with E-state index >= 15 is 0 Å². The van der Waals surface area contributed by atoms with Crippen LogP contribution in [0.3, 0.4) is 0 Å². The van der Waals surface area contributed by atoms with Gasteiger partial charge in [-0.1, -0.05) is 6.92 Å². The van der Waals surface area contributed by atoms with Gasteiger partial charge in [0.2, 0.25) is 5.91 Å². The maximum atomic E-state index is 11.6. The van der Waals surface area contributed by atoms with Crippen molar-refractivity contribution < 1.29 is 14.3 Å². The van der Waals surface area contributed by atoms with Gasteiger partial charge in [0.1, 0.15) is 0 Å². The van der Waals surface area contributed by atoms with Crippen LogP contribution >= 0.6 is 0 Å². The van der Waals surface area contributed by atoms with E-state index in [1.165, 1.54) is 7.11 Å². The second-order valence-electron chi connectivity index (χ2n) is 4.03. The number of anilines is 1. The van der Waals surface area contributed by atoms with Gasteiger partial charge in [-0.15, -0.1) is 0 Å². The van der Waals surface area contributed by atoms with E-state index in [0.29, 0.717) is 17.7 Å². The minimum atomic E-state index is -0.523. The fourth-order valence-electron chi connectivity index (χ4n) is 1.46. The van der Waals surface area contributed by atoms with E-state index in [4.69, 9.17) is 5.73 Å². The van der Waals surface area contributed by atoms with Gasteiger partial charge in [0, 0.05) is 5.69 Å². The van der Waals surface area contributed by atoms with Crippen molar-refractivity contribution in [3.8, 4) is 0 Å². The van der Waals surface area contributed by atoms with E-state index in [2.05, 4.69) is 10.1 Å². The summed E-state index contributed by atoms with van der Waals surface area (Å²) < 4.78 is 4.62. The number of hydrogen-bond acceptors (Lipinski definition) is 4. The molecular formula is C13H18N2O3. The summed E-state index contributed by atoms with van der Waals surface area (Å²) in [6.07, 6.45) is 0.575. The highest BCUT2D eigenvalue weighted by Gasteiger charge is 2.13. The summed E-state index contributed by atoms with van der Waals surface area (Å²) in [6.45, 7) is 3.65. The molecule has 1 atom stereocenters. The summed E-state index contributed by atoms with van der Waals surface area (Å²) in [7, 11) is 1.33. The first-order valence-electron chi connectivity index (χ1n) is 5.75. The Morgan fingerprint density at radius 3 is 2.61 bits per heavy atom. The standard InChI is InChI=1S/C13H18N2O3/c1-4-10(14)12(16)15-11-6-5-9(7-8(11)2)13(17)18-3/h5-7,10H,4,14H2,1-3H3,(H,15,16)/t10-/m1/s1. The Kier molecular flexibility index (Phi) is 4.85. The van der Waals surface area contributed by atoms with Gasteiger partial charge in [-0.2, -0.15) is 0 Å². The molecule has 0 aromatic heterocycles. The van der Waals surface area contributed by atoms with Gasteiger partial charge in [0.05, 0.1) is 18.7 Å². The predicted molar refractivity (Wildman–Crippen MR) is 69.4 cm³/mol. The molecule has 0 radical (unpaired) electrons. The number of amides is 1. The Balaban J connectivity index is 2.86. The van der Waals surface area contributed by atoms with Crippen molar-refractivity contribution in [3.63, 3.8) is 0 Å². The summed E-state index contributed by atoms with van der Waals surface area (Å²) in [4.78, 5) is 23.0. The van der Waals surface area contributed by atoms with E-state index in [1.807, 2.05) is 6.92 Å². The molecule has 0 saturated carbocycles. The summed E-state index contributed by atoms with van der Waals surface area (Å²) in [5, 5.41) is 2.73. The summed E-state index contributed by atoms with van der Waals surface area (Å²) in [5.74, 6) is -0.632. The molecule has 0 aliphatic rings. The van der Waals surface area contributed by atoms with Gasteiger partial charge in [-0.3, -0.25) is 4.79 Å². The first-order chi connectivity index (χ1) is 8.49. The number of aryl methyl sites for hydroxylation is 1. The molecule has 3 N–H and O–H groups in total. The van der Waals surface area contributed by atoms with Crippen LogP contribution in [0.5, 0.6) is 0 Å². The average Bonchev–Trinajstić information content (AvgIpc) is 2.38. The zero-order chi connectivity index (χ0) is 13.7. The smallest absolute Gasteiger partial charge is 0.337 e. The van der Waals surface area contributed by atoms with Crippen molar-refractivity contribution >= 4 is 17.6 Å². The lowest BCUT2D eigenvalue weighted by molar-refractivity contribution is -0.117. The summed E-state index contributed by atoms with van der Waals surface area (Å²) in [6, 6.07) is 4.41. The molecule has 1 aromatic rings. The van der Waals surface area contributed by atoms with Gasteiger partial charge in [-0.05, 0) is 37.1 Å². The van der Waals surface area contributed by atoms with Crippen LogP contribution in [0.15, 0.2) is 18.2 Å². The van der Waals surface area contributed by atoms with Crippen LogP contribution in [-0.4, -0.2) is 25.0 Å². The largest absolute Gasteiger partial charge is 0.465 e. The molecule has 1 amide bonds. The van der Waals surface area contributed by atoms with Crippen LogP contribution < -0.4 is 11.1 Å². The van der Waals surface area contributed by atoms with Crippen molar-refractivity contribution in [1.82, 2.24) is 0 Å². The average molecular weight is 250 g/mol. The zero-order valence-electron chi connectivity index (χ0n) is 10.8. The molecule has 0 unspecified atom stereocenters. The molecule has 18 heavy (non-hydrogen) atoms. The molecule has 5 nitrogen and oxygen atoms in total. The number of carbonyl (C=O) groups is 2. The Bertz CT molecular complexity index is 458. The number of ether oxygens (including phenoxy) is 1. The van der Waals surface area contributed by atoms with Crippen molar-refractivity contribution in [2.24, 2.45) is 5.73 Å². The van der Waals surface area contributed by atoms with Crippen LogP contribution in [0.1, 0.15) is 29.3 Å². The summed E-state index contributed by atoms with van der Waals surface area (Å²) in [5.41, 5.74) is 7.52. The highest BCUT2D eigenvalue weighted by molar-refractivity contribution is 5.96. The number of nitrogens with two attached hydrogens (primary N) is 1. The van der Waals surface area contributed by atoms with E-state index in [-0.39, 0.29) is 5.91 Å². The van der Waals surface area contributed by atoms with Crippen molar-refractivity contribution in [2.75, 3.05) is 12.4 Å². The molecule has 0 spiro atoms. The van der Waals surface area contributed by atoms with Gasteiger partial charge >= 0.3 is 5.97 Å². The maximum absolute atomic E-state index is 11.6. The fraction of sp³-hybridized carbons (Fsp3) is 0.385. The molecule has 0 fully saturated rings. The second kappa shape index (κ2) is 6.16. The Hall–Kier alpha value is -1.88. The molecule has 1 aromatic carbocycles. The molecule has 0 aliphatic carbocycles. The maximum Gasteiger partial charge on any atom is 0.337 e. The first kappa shape index (κ1) is 14.2. The van der Waals surface area contributed by atoms with Crippen LogP contribution in [-0.2, 0) is 9.53 Å². The molecule has 98 valence electrons. The number of nitrogens with one attached hydrogen (secondary N) is 1. The van der Waals surface area contributed by atoms with E-state index in [0.717, 1.165) is 5.56 Å². The lowest BCUT2D eigenvalue weighted by Crippen LogP contribution is -2.35. The van der Waals surface area contributed by atoms with Gasteiger partial charge in [0.25, 0.3) is 0 Å². The van der Waals surface area contributed by atoms with Crippen molar-refractivity contribution in [2.45, 2.75) is 26.3 Å². The Morgan fingerprint density at radius 1 is 1.44 bits per heavy atom. The zero-order valence-corrected chi connectivity index (χ0v) is 10.8. The molecule has 0 heterocycles. The van der Waals surface area contributed by atoms with Crippen LogP contribution in [0.4, 0.5) is 5.69 Å². The third-order valence-corrected chi connectivity index (χ3v) is 2.68. The predicted octanol–water partition coefficient (Wildman–Crippen LogP) is 1.46. The topological polar surface area (TPSA) is 81.4 Å². The quantitative estimate of drug-likeness (QED) is 0.793. The van der Waals surface area contributed by atoms with Crippen molar-refractivity contribution in [1.29, 1.82) is 0 Å². The molecule has 0 saturated heterocycles. The van der Waals surface area contributed by atoms with Gasteiger partial charge in [0.15, 0.2) is 0 Å². The lowest BCUT2D eigenvalue weighted by atomic mass is 10.1. The van der Waals surface area contributed by atoms with Crippen LogP contribution in [0.25, 0.3) is 0 Å². The molecule has 1 rings (SSSR count). The number of methoxy groups -OCH3 is 1. The van der Waals surface area contributed by atoms with Gasteiger partial charge < -0.3 is 15.8 Å². The Labute approximate surface area is 106 Å². The molecule has 0 aliphatic heterocycles. The number of rotatable bonds is 4. The van der Waals surface area contributed by atoms with Crippen LogP contribution in [0, 0.1) is 6.92 Å². The molecular weight excluding hydrogens is 232 g/mol. The van der Waals surface area contributed by atoms with E-state index < -0.39 is 12.0 Å². The Morgan fingerprint density at radius 2 is 2.11 bits per heavy atom. The highest BCUT2D eigenvalue weighted by Crippen LogP contribution is 2.17. The number of esters is 1.